The first-order valence-electron chi connectivity index (χ1n) is 6.10. The number of halogens is 3. The molecule has 0 saturated carbocycles. The summed E-state index contributed by atoms with van der Waals surface area (Å²) in [5.74, 6) is 0.132. The van der Waals surface area contributed by atoms with Gasteiger partial charge in [-0.2, -0.15) is 8.78 Å². The molecule has 0 aliphatic carbocycles. The summed E-state index contributed by atoms with van der Waals surface area (Å²) < 4.78 is 29.1. The van der Waals surface area contributed by atoms with Gasteiger partial charge in [0.15, 0.2) is 0 Å². The van der Waals surface area contributed by atoms with Crippen molar-refractivity contribution in [2.24, 2.45) is 0 Å². The van der Waals surface area contributed by atoms with E-state index in [1.807, 2.05) is 6.92 Å². The Morgan fingerprint density at radius 3 is 2.74 bits per heavy atom. The highest BCUT2D eigenvalue weighted by Gasteiger charge is 2.09. The Morgan fingerprint density at radius 1 is 1.42 bits per heavy atom. The Morgan fingerprint density at radius 2 is 2.16 bits per heavy atom. The van der Waals surface area contributed by atoms with E-state index in [4.69, 9.17) is 5.11 Å². The topological polar surface area (TPSA) is 41.5 Å². The Labute approximate surface area is 120 Å². The number of aliphatic hydroxyl groups excluding tert-OH is 1. The minimum absolute atomic E-state index is 0.132. The van der Waals surface area contributed by atoms with Crippen LogP contribution in [0.5, 0.6) is 5.75 Å². The molecular formula is C13H18BrF2NO2. The average Bonchev–Trinajstić information content (AvgIpc) is 2.36. The summed E-state index contributed by atoms with van der Waals surface area (Å²) in [6.07, 6.45) is 1.66. The van der Waals surface area contributed by atoms with E-state index < -0.39 is 6.61 Å². The molecule has 3 nitrogen and oxygen atoms in total. The molecule has 0 radical (unpaired) electrons. The lowest BCUT2D eigenvalue weighted by atomic mass is 10.1. The van der Waals surface area contributed by atoms with Crippen LogP contribution in [0.15, 0.2) is 22.7 Å². The molecule has 1 aromatic carbocycles. The first-order chi connectivity index (χ1) is 9.02. The number of hydrogen-bond acceptors (Lipinski definition) is 3. The molecule has 19 heavy (non-hydrogen) atoms. The fourth-order valence-corrected chi connectivity index (χ4v) is 2.16. The van der Waals surface area contributed by atoms with Crippen LogP contribution in [0.2, 0.25) is 0 Å². The highest BCUT2D eigenvalue weighted by Crippen LogP contribution is 2.27. The maximum absolute atomic E-state index is 12.1. The number of rotatable bonds is 8. The largest absolute Gasteiger partial charge is 0.434 e. The van der Waals surface area contributed by atoms with Crippen molar-refractivity contribution < 1.29 is 18.6 Å². The normalized spacial score (nSPS) is 12.7. The molecule has 0 amide bonds. The first-order valence-corrected chi connectivity index (χ1v) is 6.89. The molecule has 2 N–H and O–H groups in total. The molecule has 0 heterocycles. The van der Waals surface area contributed by atoms with Gasteiger partial charge in [-0.1, -0.05) is 6.07 Å². The van der Waals surface area contributed by atoms with Crippen molar-refractivity contribution >= 4 is 15.9 Å². The van der Waals surface area contributed by atoms with Gasteiger partial charge in [-0.15, -0.1) is 0 Å². The van der Waals surface area contributed by atoms with E-state index in [9.17, 15) is 8.78 Å². The third kappa shape index (κ3) is 6.31. The molecule has 0 fully saturated rings. The third-order valence-electron chi connectivity index (χ3n) is 2.66. The zero-order valence-corrected chi connectivity index (χ0v) is 12.3. The second-order valence-electron chi connectivity index (χ2n) is 4.29. The van der Waals surface area contributed by atoms with Crippen molar-refractivity contribution in [2.75, 3.05) is 6.61 Å². The van der Waals surface area contributed by atoms with E-state index in [0.717, 1.165) is 18.4 Å². The summed E-state index contributed by atoms with van der Waals surface area (Å²) >= 11 is 3.21. The molecule has 0 saturated heterocycles. The number of benzene rings is 1. The van der Waals surface area contributed by atoms with Gasteiger partial charge in [0, 0.05) is 19.2 Å². The van der Waals surface area contributed by atoms with Crippen LogP contribution in [0.1, 0.15) is 25.3 Å². The molecule has 0 spiro atoms. The lowest BCUT2D eigenvalue weighted by Gasteiger charge is -2.14. The van der Waals surface area contributed by atoms with Crippen molar-refractivity contribution in [1.29, 1.82) is 0 Å². The van der Waals surface area contributed by atoms with E-state index in [2.05, 4.69) is 26.0 Å². The summed E-state index contributed by atoms with van der Waals surface area (Å²) in [5.41, 5.74) is 0.976. The van der Waals surface area contributed by atoms with Crippen LogP contribution in [0.25, 0.3) is 0 Å². The number of hydrogen-bond donors (Lipinski definition) is 2. The van der Waals surface area contributed by atoms with Crippen LogP contribution in [-0.2, 0) is 6.54 Å². The molecule has 0 aromatic heterocycles. The van der Waals surface area contributed by atoms with E-state index in [-0.39, 0.29) is 12.4 Å². The summed E-state index contributed by atoms with van der Waals surface area (Å²) in [6.45, 7) is 0.0508. The van der Waals surface area contributed by atoms with Crippen molar-refractivity contribution in [3.8, 4) is 5.75 Å². The average molecular weight is 338 g/mol. The Bertz CT molecular complexity index is 391. The Balaban J connectivity index is 2.49. The minimum atomic E-state index is -2.82. The van der Waals surface area contributed by atoms with Crippen LogP contribution < -0.4 is 10.1 Å². The van der Waals surface area contributed by atoms with Crippen LogP contribution in [0.4, 0.5) is 8.78 Å². The second kappa shape index (κ2) is 8.45. The fourth-order valence-electron chi connectivity index (χ4n) is 1.64. The number of aliphatic hydroxyl groups is 1. The standard InChI is InChI=1S/C13H18BrF2NO2/c1-9(3-2-6-18)17-8-10-4-5-12(11(14)7-10)19-13(15)16/h4-5,7,9,13,17-18H,2-3,6,8H2,1H3. The van der Waals surface area contributed by atoms with Gasteiger partial charge in [0.25, 0.3) is 0 Å². The fraction of sp³-hybridized carbons (Fsp3) is 0.538. The molecule has 1 unspecified atom stereocenters. The smallest absolute Gasteiger partial charge is 0.387 e. The number of nitrogens with one attached hydrogen (secondary N) is 1. The van der Waals surface area contributed by atoms with Crippen molar-refractivity contribution in [1.82, 2.24) is 5.32 Å². The van der Waals surface area contributed by atoms with E-state index >= 15 is 0 Å². The third-order valence-corrected chi connectivity index (χ3v) is 3.28. The summed E-state index contributed by atoms with van der Waals surface area (Å²) in [6, 6.07) is 5.31. The van der Waals surface area contributed by atoms with Crippen LogP contribution in [-0.4, -0.2) is 24.4 Å². The lowest BCUT2D eigenvalue weighted by Crippen LogP contribution is -2.25. The van der Waals surface area contributed by atoms with E-state index in [1.54, 1.807) is 12.1 Å². The van der Waals surface area contributed by atoms with Gasteiger partial charge in [0.1, 0.15) is 5.75 Å². The molecule has 0 aliphatic rings. The molecule has 1 aromatic rings. The quantitative estimate of drug-likeness (QED) is 0.764. The van der Waals surface area contributed by atoms with Gasteiger partial charge >= 0.3 is 6.61 Å². The van der Waals surface area contributed by atoms with Crippen molar-refractivity contribution in [3.63, 3.8) is 0 Å². The Hall–Kier alpha value is -0.720. The zero-order valence-electron chi connectivity index (χ0n) is 10.7. The van der Waals surface area contributed by atoms with Gasteiger partial charge in [-0.3, -0.25) is 0 Å². The molecule has 1 rings (SSSR count). The highest BCUT2D eigenvalue weighted by molar-refractivity contribution is 9.10. The lowest BCUT2D eigenvalue weighted by molar-refractivity contribution is -0.0503. The van der Waals surface area contributed by atoms with Gasteiger partial charge in [-0.05, 0) is 53.4 Å². The minimum Gasteiger partial charge on any atom is -0.434 e. The van der Waals surface area contributed by atoms with Gasteiger partial charge < -0.3 is 15.2 Å². The van der Waals surface area contributed by atoms with Crippen LogP contribution in [0.3, 0.4) is 0 Å². The maximum Gasteiger partial charge on any atom is 0.387 e. The molecule has 1 atom stereocenters. The summed E-state index contributed by atoms with van der Waals surface area (Å²) in [5, 5.41) is 12.0. The van der Waals surface area contributed by atoms with Gasteiger partial charge in [-0.25, -0.2) is 0 Å². The SMILES string of the molecule is CC(CCCO)NCc1ccc(OC(F)F)c(Br)c1. The summed E-state index contributed by atoms with van der Waals surface area (Å²) in [7, 11) is 0. The second-order valence-corrected chi connectivity index (χ2v) is 5.15. The molecule has 108 valence electrons. The predicted molar refractivity (Wildman–Crippen MR) is 73.4 cm³/mol. The van der Waals surface area contributed by atoms with E-state index in [0.29, 0.717) is 17.1 Å². The van der Waals surface area contributed by atoms with Gasteiger partial charge in [0.05, 0.1) is 4.47 Å². The predicted octanol–water partition coefficient (Wildman–Crippen LogP) is 3.30. The van der Waals surface area contributed by atoms with Crippen molar-refractivity contribution in [3.05, 3.63) is 28.2 Å². The number of ether oxygens (including phenoxy) is 1. The van der Waals surface area contributed by atoms with E-state index in [1.165, 1.54) is 6.07 Å². The molecule has 0 aliphatic heterocycles. The molecule has 0 bridgehead atoms. The zero-order chi connectivity index (χ0) is 14.3. The maximum atomic E-state index is 12.1. The highest BCUT2D eigenvalue weighted by atomic mass is 79.9. The van der Waals surface area contributed by atoms with Crippen LogP contribution >= 0.6 is 15.9 Å². The first kappa shape index (κ1) is 16.3. The van der Waals surface area contributed by atoms with Crippen LogP contribution in [0, 0.1) is 0 Å². The van der Waals surface area contributed by atoms with Gasteiger partial charge in [0.2, 0.25) is 0 Å². The molecular weight excluding hydrogens is 320 g/mol. The summed E-state index contributed by atoms with van der Waals surface area (Å²) in [4.78, 5) is 0. The number of alkyl halides is 2. The van der Waals surface area contributed by atoms with Crippen molar-refractivity contribution in [2.45, 2.75) is 39.0 Å². The molecule has 6 heteroatoms. The Kier molecular flexibility index (Phi) is 7.27. The monoisotopic (exact) mass is 337 g/mol.